The molecule has 0 saturated carbocycles. The number of carbonyl (C=O) groups is 1. The molecule has 1 fully saturated rings. The van der Waals surface area contributed by atoms with E-state index in [2.05, 4.69) is 5.10 Å². The van der Waals surface area contributed by atoms with E-state index in [1.165, 1.54) is 0 Å². The standard InChI is InChI=1S/C13H21N3O3S/c1-2-20(18,19)11-13(17)16-9-4-3-6-12(16)10-15-8-5-7-14-15/h5,7-8,12H,2-4,6,9-11H2,1H3/t12-/m1/s1. The largest absolute Gasteiger partial charge is 0.337 e. The van der Waals surface area contributed by atoms with Crippen molar-refractivity contribution in [2.45, 2.75) is 38.8 Å². The predicted molar refractivity (Wildman–Crippen MR) is 75.9 cm³/mol. The average Bonchev–Trinajstić information content (AvgIpc) is 2.92. The molecule has 0 aliphatic carbocycles. The van der Waals surface area contributed by atoms with Crippen LogP contribution < -0.4 is 0 Å². The van der Waals surface area contributed by atoms with Gasteiger partial charge in [-0.2, -0.15) is 5.10 Å². The number of rotatable bonds is 5. The lowest BCUT2D eigenvalue weighted by molar-refractivity contribution is -0.132. The fourth-order valence-electron chi connectivity index (χ4n) is 2.52. The lowest BCUT2D eigenvalue weighted by Gasteiger charge is -2.35. The first-order valence-corrected chi connectivity index (χ1v) is 8.81. The molecule has 1 aromatic rings. The maximum absolute atomic E-state index is 12.2. The third-order valence-corrected chi connectivity index (χ3v) is 5.25. The van der Waals surface area contributed by atoms with Gasteiger partial charge in [-0.1, -0.05) is 6.92 Å². The zero-order valence-electron chi connectivity index (χ0n) is 11.7. The summed E-state index contributed by atoms with van der Waals surface area (Å²) in [5.74, 6) is -0.640. The van der Waals surface area contributed by atoms with Gasteiger partial charge in [0.15, 0.2) is 9.84 Å². The second-order valence-corrected chi connectivity index (χ2v) is 7.49. The summed E-state index contributed by atoms with van der Waals surface area (Å²) >= 11 is 0. The SMILES string of the molecule is CCS(=O)(=O)CC(=O)N1CCCC[C@@H]1Cn1cccn1. The Morgan fingerprint density at radius 3 is 2.85 bits per heavy atom. The molecule has 1 saturated heterocycles. The summed E-state index contributed by atoms with van der Waals surface area (Å²) in [6.45, 7) is 2.84. The van der Waals surface area contributed by atoms with Crippen molar-refractivity contribution in [2.75, 3.05) is 18.1 Å². The quantitative estimate of drug-likeness (QED) is 0.802. The van der Waals surface area contributed by atoms with E-state index in [9.17, 15) is 13.2 Å². The Balaban J connectivity index is 2.04. The highest BCUT2D eigenvalue weighted by Gasteiger charge is 2.29. The lowest BCUT2D eigenvalue weighted by atomic mass is 10.0. The molecule has 1 aliphatic rings. The molecule has 20 heavy (non-hydrogen) atoms. The molecule has 6 nitrogen and oxygen atoms in total. The molecule has 1 amide bonds. The smallest absolute Gasteiger partial charge is 0.238 e. The van der Waals surface area contributed by atoms with Crippen molar-refractivity contribution in [1.82, 2.24) is 14.7 Å². The number of likely N-dealkylation sites (tertiary alicyclic amines) is 1. The number of piperidine rings is 1. The van der Waals surface area contributed by atoms with Crippen LogP contribution in [0.2, 0.25) is 0 Å². The van der Waals surface area contributed by atoms with Gasteiger partial charge < -0.3 is 4.90 Å². The highest BCUT2D eigenvalue weighted by Crippen LogP contribution is 2.19. The molecule has 1 aromatic heterocycles. The minimum absolute atomic E-state index is 0.0103. The highest BCUT2D eigenvalue weighted by molar-refractivity contribution is 7.92. The van der Waals surface area contributed by atoms with Gasteiger partial charge in [-0.15, -0.1) is 0 Å². The minimum Gasteiger partial charge on any atom is -0.337 e. The average molecular weight is 299 g/mol. The maximum atomic E-state index is 12.2. The molecular formula is C13H21N3O3S. The van der Waals surface area contributed by atoms with Crippen LogP contribution >= 0.6 is 0 Å². The number of hydrogen-bond acceptors (Lipinski definition) is 4. The normalized spacial score (nSPS) is 20.1. The molecule has 0 bridgehead atoms. The second kappa shape index (κ2) is 6.39. The molecule has 0 radical (unpaired) electrons. The second-order valence-electron chi connectivity index (χ2n) is 5.14. The summed E-state index contributed by atoms with van der Waals surface area (Å²) in [5, 5.41) is 4.16. The van der Waals surface area contributed by atoms with Crippen LogP contribution in [0.4, 0.5) is 0 Å². The van der Waals surface area contributed by atoms with E-state index in [-0.39, 0.29) is 23.5 Å². The molecule has 2 heterocycles. The molecule has 0 unspecified atom stereocenters. The molecule has 112 valence electrons. The van der Waals surface area contributed by atoms with Crippen LogP contribution in [0.3, 0.4) is 0 Å². The van der Waals surface area contributed by atoms with Crippen LogP contribution in [0, 0.1) is 0 Å². The van der Waals surface area contributed by atoms with Crippen LogP contribution in [-0.2, 0) is 21.2 Å². The van der Waals surface area contributed by atoms with Crippen LogP contribution in [-0.4, -0.2) is 53.1 Å². The summed E-state index contributed by atoms with van der Waals surface area (Å²) in [4.78, 5) is 13.9. The lowest BCUT2D eigenvalue weighted by Crippen LogP contribution is -2.48. The van der Waals surface area contributed by atoms with Crippen molar-refractivity contribution in [3.8, 4) is 0 Å². The van der Waals surface area contributed by atoms with Gasteiger partial charge in [0.25, 0.3) is 0 Å². The molecule has 1 aliphatic heterocycles. The van der Waals surface area contributed by atoms with Gasteiger partial charge in [0.2, 0.25) is 5.91 Å². The molecule has 0 N–H and O–H groups in total. The number of hydrogen-bond donors (Lipinski definition) is 0. The number of amides is 1. The first-order valence-electron chi connectivity index (χ1n) is 6.99. The molecule has 1 atom stereocenters. The summed E-state index contributed by atoms with van der Waals surface area (Å²) in [7, 11) is -3.27. The highest BCUT2D eigenvalue weighted by atomic mass is 32.2. The Bertz CT molecular complexity index is 539. The first-order chi connectivity index (χ1) is 9.52. The van der Waals surface area contributed by atoms with Crippen molar-refractivity contribution in [3.63, 3.8) is 0 Å². The Hall–Kier alpha value is -1.37. The van der Waals surface area contributed by atoms with Gasteiger partial charge >= 0.3 is 0 Å². The number of aromatic nitrogens is 2. The molecule has 0 spiro atoms. The fraction of sp³-hybridized carbons (Fsp3) is 0.692. The third-order valence-electron chi connectivity index (χ3n) is 3.69. The number of nitrogens with zero attached hydrogens (tertiary/aromatic N) is 3. The summed E-state index contributed by atoms with van der Waals surface area (Å²) in [6, 6.07) is 1.89. The van der Waals surface area contributed by atoms with E-state index < -0.39 is 9.84 Å². The van der Waals surface area contributed by atoms with Gasteiger partial charge in [-0.3, -0.25) is 9.48 Å². The van der Waals surface area contributed by atoms with Crippen LogP contribution in [0.25, 0.3) is 0 Å². The first kappa shape index (κ1) is 15.0. The van der Waals surface area contributed by atoms with Crippen molar-refractivity contribution in [1.29, 1.82) is 0 Å². The Morgan fingerprint density at radius 1 is 1.40 bits per heavy atom. The van der Waals surface area contributed by atoms with E-state index in [1.54, 1.807) is 22.7 Å². The molecular weight excluding hydrogens is 278 g/mol. The van der Waals surface area contributed by atoms with Crippen LogP contribution in [0.5, 0.6) is 0 Å². The van der Waals surface area contributed by atoms with E-state index in [0.29, 0.717) is 13.1 Å². The van der Waals surface area contributed by atoms with Gasteiger partial charge in [-0.05, 0) is 25.3 Å². The number of sulfone groups is 1. The van der Waals surface area contributed by atoms with E-state index in [4.69, 9.17) is 0 Å². The minimum atomic E-state index is -3.27. The predicted octanol–water partition coefficient (Wildman–Crippen LogP) is 0.699. The molecule has 2 rings (SSSR count). The van der Waals surface area contributed by atoms with Crippen LogP contribution in [0.15, 0.2) is 18.5 Å². The van der Waals surface area contributed by atoms with E-state index >= 15 is 0 Å². The van der Waals surface area contributed by atoms with Crippen molar-refractivity contribution in [2.24, 2.45) is 0 Å². The monoisotopic (exact) mass is 299 g/mol. The van der Waals surface area contributed by atoms with Gasteiger partial charge in [0.1, 0.15) is 5.75 Å². The summed E-state index contributed by atoms with van der Waals surface area (Å²) in [5.41, 5.74) is 0. The van der Waals surface area contributed by atoms with Crippen molar-refractivity contribution >= 4 is 15.7 Å². The van der Waals surface area contributed by atoms with E-state index in [1.807, 2.05) is 12.3 Å². The van der Waals surface area contributed by atoms with Crippen molar-refractivity contribution < 1.29 is 13.2 Å². The Morgan fingerprint density at radius 2 is 2.20 bits per heavy atom. The zero-order valence-corrected chi connectivity index (χ0v) is 12.6. The third kappa shape index (κ3) is 3.82. The summed E-state index contributed by atoms with van der Waals surface area (Å²) in [6.07, 6.45) is 6.47. The van der Waals surface area contributed by atoms with Crippen LogP contribution in [0.1, 0.15) is 26.2 Å². The topological polar surface area (TPSA) is 72.3 Å². The summed E-state index contributed by atoms with van der Waals surface area (Å²) < 4.78 is 25.0. The van der Waals surface area contributed by atoms with E-state index in [0.717, 1.165) is 19.3 Å². The van der Waals surface area contributed by atoms with Crippen molar-refractivity contribution in [3.05, 3.63) is 18.5 Å². The maximum Gasteiger partial charge on any atom is 0.238 e. The fourth-order valence-corrected chi connectivity index (χ4v) is 3.26. The van der Waals surface area contributed by atoms with Gasteiger partial charge in [0, 0.05) is 24.7 Å². The molecule has 0 aromatic carbocycles. The Labute approximate surface area is 119 Å². The number of carbonyl (C=O) groups excluding carboxylic acids is 1. The molecule has 7 heteroatoms. The van der Waals surface area contributed by atoms with Gasteiger partial charge in [-0.25, -0.2) is 8.42 Å². The zero-order chi connectivity index (χ0) is 14.6. The van der Waals surface area contributed by atoms with Gasteiger partial charge in [0.05, 0.1) is 12.6 Å². The Kier molecular flexibility index (Phi) is 4.80.